The minimum absolute atomic E-state index is 0.0529. The van der Waals surface area contributed by atoms with E-state index in [4.69, 9.17) is 4.74 Å². The van der Waals surface area contributed by atoms with Crippen LogP contribution < -0.4 is 10.6 Å². The second-order valence-corrected chi connectivity index (χ2v) is 10.4. The smallest absolute Gasteiger partial charge is 0.408 e. The Bertz CT molecular complexity index is 848. The Morgan fingerprint density at radius 1 is 1.14 bits per heavy atom. The normalized spacial score (nSPS) is 13.2. The zero-order chi connectivity index (χ0) is 26.8. The van der Waals surface area contributed by atoms with Crippen molar-refractivity contribution in [1.29, 1.82) is 0 Å². The number of carbonyl (C=O) groups excluding carboxylic acids is 3. The molecule has 0 saturated carbocycles. The number of hydrogen-bond acceptors (Lipinski definition) is 5. The van der Waals surface area contributed by atoms with Gasteiger partial charge in [0.2, 0.25) is 11.8 Å². The molecule has 0 radical (unpaired) electrons. The SMILES string of the molecule is CCCCNC(=O)C(c1cccc(C)c1C)N(CCO)C(=O)C(CC(C)C)NC(=O)OC(C)(C)C. The number of aliphatic hydroxyl groups is 1. The highest BCUT2D eigenvalue weighted by Crippen LogP contribution is 2.28. The number of alkyl carbamates (subject to hydrolysis) is 1. The van der Waals surface area contributed by atoms with Crippen molar-refractivity contribution in [2.75, 3.05) is 19.7 Å². The monoisotopic (exact) mass is 491 g/mol. The van der Waals surface area contributed by atoms with E-state index in [1.807, 2.05) is 52.8 Å². The topological polar surface area (TPSA) is 108 Å². The van der Waals surface area contributed by atoms with Gasteiger partial charge in [0.05, 0.1) is 6.61 Å². The number of nitrogens with one attached hydrogen (secondary N) is 2. The first kappa shape index (κ1) is 30.4. The number of amides is 3. The molecule has 1 aromatic carbocycles. The van der Waals surface area contributed by atoms with Gasteiger partial charge in [0.1, 0.15) is 17.7 Å². The van der Waals surface area contributed by atoms with Crippen molar-refractivity contribution in [3.8, 4) is 0 Å². The third-order valence-corrected chi connectivity index (χ3v) is 5.65. The van der Waals surface area contributed by atoms with Gasteiger partial charge in [0.25, 0.3) is 0 Å². The van der Waals surface area contributed by atoms with Crippen molar-refractivity contribution in [2.45, 2.75) is 92.3 Å². The van der Waals surface area contributed by atoms with E-state index in [1.165, 1.54) is 4.90 Å². The van der Waals surface area contributed by atoms with Crippen molar-refractivity contribution in [3.63, 3.8) is 0 Å². The molecule has 198 valence electrons. The van der Waals surface area contributed by atoms with Crippen LogP contribution in [-0.2, 0) is 14.3 Å². The van der Waals surface area contributed by atoms with Gasteiger partial charge in [-0.05, 0) is 70.1 Å². The van der Waals surface area contributed by atoms with Crippen molar-refractivity contribution < 1.29 is 24.2 Å². The van der Waals surface area contributed by atoms with E-state index in [1.54, 1.807) is 20.8 Å². The molecule has 2 unspecified atom stereocenters. The molecule has 0 aliphatic rings. The second-order valence-electron chi connectivity index (χ2n) is 10.4. The van der Waals surface area contributed by atoms with Gasteiger partial charge in [-0.25, -0.2) is 4.79 Å². The molecule has 8 nitrogen and oxygen atoms in total. The van der Waals surface area contributed by atoms with E-state index in [0.717, 1.165) is 24.0 Å². The molecule has 0 heterocycles. The lowest BCUT2D eigenvalue weighted by molar-refractivity contribution is -0.143. The van der Waals surface area contributed by atoms with Crippen molar-refractivity contribution >= 4 is 17.9 Å². The van der Waals surface area contributed by atoms with E-state index >= 15 is 0 Å². The molecule has 0 aliphatic heterocycles. The molecule has 0 bridgehead atoms. The van der Waals surface area contributed by atoms with Crippen LogP contribution in [0.25, 0.3) is 0 Å². The average molecular weight is 492 g/mol. The molecular formula is C27H45N3O5. The second kappa shape index (κ2) is 14.1. The van der Waals surface area contributed by atoms with Gasteiger partial charge in [-0.3, -0.25) is 9.59 Å². The predicted molar refractivity (Wildman–Crippen MR) is 138 cm³/mol. The third kappa shape index (κ3) is 9.88. The van der Waals surface area contributed by atoms with E-state index < -0.39 is 29.7 Å². The minimum atomic E-state index is -0.943. The maximum absolute atomic E-state index is 13.9. The first-order valence-corrected chi connectivity index (χ1v) is 12.6. The Hall–Kier alpha value is -2.61. The summed E-state index contributed by atoms with van der Waals surface area (Å²) < 4.78 is 5.38. The Morgan fingerprint density at radius 3 is 2.34 bits per heavy atom. The Kier molecular flexibility index (Phi) is 12.2. The number of carbonyl (C=O) groups is 3. The number of aliphatic hydroxyl groups excluding tert-OH is 1. The lowest BCUT2D eigenvalue weighted by atomic mass is 9.94. The number of hydrogen-bond donors (Lipinski definition) is 3. The van der Waals surface area contributed by atoms with E-state index in [-0.39, 0.29) is 25.0 Å². The largest absolute Gasteiger partial charge is 0.444 e. The molecule has 1 aromatic rings. The fourth-order valence-electron chi connectivity index (χ4n) is 3.82. The summed E-state index contributed by atoms with van der Waals surface area (Å²) in [6.45, 7) is 15.2. The maximum Gasteiger partial charge on any atom is 0.408 e. The molecule has 3 amide bonds. The van der Waals surface area contributed by atoms with Crippen LogP contribution in [0.1, 0.15) is 83.5 Å². The predicted octanol–water partition coefficient (Wildman–Crippen LogP) is 4.02. The zero-order valence-corrected chi connectivity index (χ0v) is 22.7. The zero-order valence-electron chi connectivity index (χ0n) is 22.7. The quantitative estimate of drug-likeness (QED) is 0.383. The van der Waals surface area contributed by atoms with Crippen molar-refractivity contribution in [2.24, 2.45) is 5.92 Å². The fraction of sp³-hybridized carbons (Fsp3) is 0.667. The Balaban J connectivity index is 3.46. The van der Waals surface area contributed by atoms with Crippen molar-refractivity contribution in [3.05, 3.63) is 34.9 Å². The Labute approximate surface area is 210 Å². The highest BCUT2D eigenvalue weighted by Gasteiger charge is 2.37. The summed E-state index contributed by atoms with van der Waals surface area (Å²) in [5.74, 6) is -0.655. The molecule has 0 aliphatic carbocycles. The number of unbranched alkanes of at least 4 members (excludes halogenated alkanes) is 1. The van der Waals surface area contributed by atoms with Crippen LogP contribution in [0, 0.1) is 19.8 Å². The molecule has 0 saturated heterocycles. The molecule has 0 fully saturated rings. The van der Waals surface area contributed by atoms with Crippen LogP contribution in [0.2, 0.25) is 0 Å². The first-order chi connectivity index (χ1) is 16.3. The van der Waals surface area contributed by atoms with Gasteiger partial charge >= 0.3 is 6.09 Å². The molecule has 35 heavy (non-hydrogen) atoms. The average Bonchev–Trinajstić information content (AvgIpc) is 2.73. The summed E-state index contributed by atoms with van der Waals surface area (Å²) in [6.07, 6.45) is 1.40. The lowest BCUT2D eigenvalue weighted by Crippen LogP contribution is -2.54. The van der Waals surface area contributed by atoms with E-state index in [2.05, 4.69) is 10.6 Å². The molecule has 0 aromatic heterocycles. The molecule has 3 N–H and O–H groups in total. The highest BCUT2D eigenvalue weighted by molar-refractivity contribution is 5.92. The summed E-state index contributed by atoms with van der Waals surface area (Å²) in [6, 6.07) is 3.79. The van der Waals surface area contributed by atoms with Crippen LogP contribution in [0.4, 0.5) is 4.79 Å². The highest BCUT2D eigenvalue weighted by atomic mass is 16.6. The maximum atomic E-state index is 13.9. The van der Waals surface area contributed by atoms with E-state index in [9.17, 15) is 19.5 Å². The summed E-state index contributed by atoms with van der Waals surface area (Å²) in [5, 5.41) is 15.5. The van der Waals surface area contributed by atoms with Gasteiger partial charge in [0, 0.05) is 13.1 Å². The van der Waals surface area contributed by atoms with E-state index in [0.29, 0.717) is 18.5 Å². The Morgan fingerprint density at radius 2 is 1.80 bits per heavy atom. The third-order valence-electron chi connectivity index (χ3n) is 5.65. The number of rotatable bonds is 12. The van der Waals surface area contributed by atoms with Gasteiger partial charge in [-0.2, -0.15) is 0 Å². The molecule has 1 rings (SSSR count). The number of benzene rings is 1. The van der Waals surface area contributed by atoms with Crippen LogP contribution in [-0.4, -0.2) is 59.3 Å². The lowest BCUT2D eigenvalue weighted by Gasteiger charge is -2.35. The van der Waals surface area contributed by atoms with Gasteiger partial charge in [0.15, 0.2) is 0 Å². The molecular weight excluding hydrogens is 446 g/mol. The molecule has 8 heteroatoms. The van der Waals surface area contributed by atoms with Crippen LogP contribution in [0.5, 0.6) is 0 Å². The van der Waals surface area contributed by atoms with Crippen LogP contribution in [0.15, 0.2) is 18.2 Å². The fourth-order valence-corrected chi connectivity index (χ4v) is 3.82. The van der Waals surface area contributed by atoms with Gasteiger partial charge < -0.3 is 25.4 Å². The summed E-state index contributed by atoms with van der Waals surface area (Å²) in [5.41, 5.74) is 1.87. The van der Waals surface area contributed by atoms with Crippen LogP contribution >= 0.6 is 0 Å². The molecule has 2 atom stereocenters. The van der Waals surface area contributed by atoms with Crippen LogP contribution in [0.3, 0.4) is 0 Å². The summed E-state index contributed by atoms with van der Waals surface area (Å²) in [7, 11) is 0. The first-order valence-electron chi connectivity index (χ1n) is 12.6. The minimum Gasteiger partial charge on any atom is -0.444 e. The number of ether oxygens (including phenoxy) is 1. The standard InChI is InChI=1S/C27H45N3O5/c1-9-10-14-28-24(32)23(21-13-11-12-19(4)20(21)5)30(15-16-31)25(33)22(17-18(2)3)29-26(34)35-27(6,7)8/h11-13,18,22-23,31H,9-10,14-17H2,1-8H3,(H,28,32)(H,29,34). The van der Waals surface area contributed by atoms with Crippen molar-refractivity contribution in [1.82, 2.24) is 15.5 Å². The summed E-state index contributed by atoms with van der Waals surface area (Å²) >= 11 is 0. The number of nitrogens with zero attached hydrogens (tertiary/aromatic N) is 1. The summed E-state index contributed by atoms with van der Waals surface area (Å²) in [4.78, 5) is 41.3. The van der Waals surface area contributed by atoms with Gasteiger partial charge in [-0.15, -0.1) is 0 Å². The molecule has 0 spiro atoms. The van der Waals surface area contributed by atoms with Gasteiger partial charge in [-0.1, -0.05) is 45.4 Å². The number of aryl methyl sites for hydroxylation is 1.